The lowest BCUT2D eigenvalue weighted by molar-refractivity contribution is 0.186. The van der Waals surface area contributed by atoms with E-state index in [2.05, 4.69) is 19.0 Å². The lowest BCUT2D eigenvalue weighted by atomic mass is 9.74. The molecule has 6 nitrogen and oxygen atoms in total. The fraction of sp³-hybridized carbons (Fsp3) is 0.538. The third-order valence-electron chi connectivity index (χ3n) is 7.68. The standard InChI is InChI=1S/C26H33Cl2N5OS/c1-17-21(18-7-5-8-19(27)22(18)28)23-29-13-16-33(23)24(30-17)32-14-11-26(12-15-32)10-6-9-20(26)31-35(34)25(2,3)4/h5,7-8,13,16,20,31H,6,9-12,14-15H2,1-4H3/t20?,35-/m1/s1. The molecule has 2 fully saturated rings. The van der Waals surface area contributed by atoms with E-state index < -0.39 is 11.4 Å². The van der Waals surface area contributed by atoms with Crippen molar-refractivity contribution in [2.24, 2.45) is 5.41 Å². The van der Waals surface area contributed by atoms with Gasteiger partial charge in [-0.3, -0.25) is 4.40 Å². The first-order valence-corrected chi connectivity index (χ1v) is 14.2. The van der Waals surface area contributed by atoms with Crippen LogP contribution in [0.4, 0.5) is 5.95 Å². The van der Waals surface area contributed by atoms with Crippen LogP contribution in [0, 0.1) is 12.3 Å². The number of anilines is 1. The summed E-state index contributed by atoms with van der Waals surface area (Å²) in [6.07, 6.45) is 9.38. The minimum Gasteiger partial charge on any atom is -0.598 e. The van der Waals surface area contributed by atoms with Gasteiger partial charge in [-0.2, -0.15) is 0 Å². The van der Waals surface area contributed by atoms with Crippen molar-refractivity contribution in [1.29, 1.82) is 0 Å². The molecule has 0 radical (unpaired) electrons. The Morgan fingerprint density at radius 2 is 1.91 bits per heavy atom. The van der Waals surface area contributed by atoms with Crippen LogP contribution >= 0.6 is 23.2 Å². The number of benzene rings is 1. The van der Waals surface area contributed by atoms with E-state index in [-0.39, 0.29) is 10.2 Å². The van der Waals surface area contributed by atoms with Crippen molar-refractivity contribution >= 4 is 46.2 Å². The summed E-state index contributed by atoms with van der Waals surface area (Å²) in [5, 5.41) is 1.04. The number of piperidine rings is 1. The Labute approximate surface area is 220 Å². The van der Waals surface area contributed by atoms with E-state index in [1.807, 2.05) is 52.2 Å². The van der Waals surface area contributed by atoms with Gasteiger partial charge < -0.3 is 9.45 Å². The Morgan fingerprint density at radius 1 is 1.17 bits per heavy atom. The predicted octanol–water partition coefficient (Wildman–Crippen LogP) is 6.20. The maximum absolute atomic E-state index is 12.8. The molecule has 2 aliphatic rings. The van der Waals surface area contributed by atoms with Crippen molar-refractivity contribution in [3.8, 4) is 11.1 Å². The predicted molar refractivity (Wildman–Crippen MR) is 146 cm³/mol. The van der Waals surface area contributed by atoms with Gasteiger partial charge in [-0.25, -0.2) is 9.97 Å². The molecule has 2 aromatic heterocycles. The Bertz CT molecular complexity index is 1230. The number of nitrogens with zero attached hydrogens (tertiary/aromatic N) is 4. The highest BCUT2D eigenvalue weighted by atomic mass is 35.5. The fourth-order valence-electron chi connectivity index (χ4n) is 5.69. The van der Waals surface area contributed by atoms with Gasteiger partial charge in [0.15, 0.2) is 0 Å². The van der Waals surface area contributed by atoms with Crippen LogP contribution in [-0.2, 0) is 11.4 Å². The first kappa shape index (κ1) is 25.2. The molecule has 1 aliphatic carbocycles. The van der Waals surface area contributed by atoms with Crippen LogP contribution in [0.3, 0.4) is 0 Å². The van der Waals surface area contributed by atoms with Crippen LogP contribution in [0.1, 0.15) is 58.6 Å². The number of imidazole rings is 1. The van der Waals surface area contributed by atoms with Gasteiger partial charge in [0.2, 0.25) is 5.95 Å². The van der Waals surface area contributed by atoms with E-state index in [1.54, 1.807) is 6.07 Å². The van der Waals surface area contributed by atoms with Crippen LogP contribution in [0.15, 0.2) is 30.6 Å². The molecule has 1 saturated carbocycles. The molecule has 1 saturated heterocycles. The van der Waals surface area contributed by atoms with E-state index in [1.165, 1.54) is 12.8 Å². The Kier molecular flexibility index (Phi) is 6.77. The Balaban J connectivity index is 1.42. The van der Waals surface area contributed by atoms with Crippen molar-refractivity contribution < 1.29 is 4.55 Å². The van der Waals surface area contributed by atoms with Gasteiger partial charge in [0.05, 0.1) is 21.8 Å². The zero-order chi connectivity index (χ0) is 25.0. The molecule has 3 heterocycles. The Morgan fingerprint density at radius 3 is 2.63 bits per heavy atom. The van der Waals surface area contributed by atoms with Crippen molar-refractivity contribution in [1.82, 2.24) is 19.1 Å². The van der Waals surface area contributed by atoms with Crippen molar-refractivity contribution in [3.63, 3.8) is 0 Å². The average molecular weight is 535 g/mol. The highest BCUT2D eigenvalue weighted by Crippen LogP contribution is 2.48. The number of hydrogen-bond donors (Lipinski definition) is 1. The number of halogens is 2. The van der Waals surface area contributed by atoms with Crippen molar-refractivity contribution in [2.45, 2.75) is 70.6 Å². The number of rotatable bonds is 4. The number of aromatic nitrogens is 3. The molecule has 1 unspecified atom stereocenters. The maximum Gasteiger partial charge on any atom is 0.211 e. The van der Waals surface area contributed by atoms with Gasteiger partial charge in [0, 0.05) is 48.0 Å². The molecule has 1 N–H and O–H groups in total. The molecular weight excluding hydrogens is 501 g/mol. The second-order valence-electron chi connectivity index (χ2n) is 10.9. The highest BCUT2D eigenvalue weighted by molar-refractivity contribution is 7.90. The molecule has 35 heavy (non-hydrogen) atoms. The third kappa shape index (κ3) is 4.55. The van der Waals surface area contributed by atoms with Gasteiger partial charge >= 0.3 is 0 Å². The maximum atomic E-state index is 12.8. The lowest BCUT2D eigenvalue weighted by Crippen LogP contribution is -2.53. The second-order valence-corrected chi connectivity index (χ2v) is 13.7. The summed E-state index contributed by atoms with van der Waals surface area (Å²) in [6.45, 7) is 9.93. The molecule has 1 aromatic carbocycles. The fourth-order valence-corrected chi connectivity index (χ4v) is 7.06. The number of nitrogens with one attached hydrogen (secondary N) is 1. The first-order chi connectivity index (χ1) is 16.6. The summed E-state index contributed by atoms with van der Waals surface area (Å²) >= 11 is 11.8. The highest BCUT2D eigenvalue weighted by Gasteiger charge is 2.48. The minimum atomic E-state index is -1.05. The molecule has 0 amide bonds. The van der Waals surface area contributed by atoms with Gasteiger partial charge in [-0.15, -0.1) is 4.72 Å². The summed E-state index contributed by atoms with van der Waals surface area (Å²) in [4.78, 5) is 12.1. The molecule has 2 atom stereocenters. The monoisotopic (exact) mass is 533 g/mol. The molecule has 1 aliphatic heterocycles. The SMILES string of the molecule is Cc1nc(N2CCC3(CCCC3N[S@+]([O-])C(C)(C)C)CC2)n2ccnc2c1-c1cccc(Cl)c1Cl. The molecule has 1 spiro atoms. The summed E-state index contributed by atoms with van der Waals surface area (Å²) in [6, 6.07) is 5.96. The van der Waals surface area contributed by atoms with Crippen LogP contribution < -0.4 is 9.62 Å². The summed E-state index contributed by atoms with van der Waals surface area (Å²) in [5.74, 6) is 0.910. The summed E-state index contributed by atoms with van der Waals surface area (Å²) in [5.41, 5.74) is 3.66. The molecule has 9 heteroatoms. The summed E-state index contributed by atoms with van der Waals surface area (Å²) in [7, 11) is 0. The quantitative estimate of drug-likeness (QED) is 0.404. The Hall–Kier alpha value is -1.51. The third-order valence-corrected chi connectivity index (χ3v) is 10.1. The largest absolute Gasteiger partial charge is 0.598 e. The van der Waals surface area contributed by atoms with Gasteiger partial charge in [0.25, 0.3) is 0 Å². The zero-order valence-electron chi connectivity index (χ0n) is 20.8. The molecule has 0 bridgehead atoms. The van der Waals surface area contributed by atoms with Crippen LogP contribution in [0.5, 0.6) is 0 Å². The van der Waals surface area contributed by atoms with Crippen LogP contribution in [0.25, 0.3) is 16.8 Å². The molecule has 5 rings (SSSR count). The zero-order valence-corrected chi connectivity index (χ0v) is 23.1. The van der Waals surface area contributed by atoms with Crippen molar-refractivity contribution in [2.75, 3.05) is 18.0 Å². The van der Waals surface area contributed by atoms with E-state index >= 15 is 0 Å². The normalized spacial score (nSPS) is 21.2. The minimum absolute atomic E-state index is 0.203. The van der Waals surface area contributed by atoms with E-state index in [0.29, 0.717) is 16.1 Å². The first-order valence-electron chi connectivity index (χ1n) is 12.3. The second kappa shape index (κ2) is 9.42. The number of fused-ring (bicyclic) bond motifs is 1. The van der Waals surface area contributed by atoms with E-state index in [0.717, 1.165) is 60.8 Å². The smallest absolute Gasteiger partial charge is 0.211 e. The lowest BCUT2D eigenvalue weighted by Gasteiger charge is -2.44. The van der Waals surface area contributed by atoms with E-state index in [4.69, 9.17) is 28.2 Å². The topological polar surface area (TPSA) is 68.5 Å². The molecular formula is C26H33Cl2N5OS. The van der Waals surface area contributed by atoms with Crippen LogP contribution in [-0.4, -0.2) is 42.8 Å². The van der Waals surface area contributed by atoms with Crippen LogP contribution in [0.2, 0.25) is 10.0 Å². The molecule has 3 aromatic rings. The van der Waals surface area contributed by atoms with Gasteiger partial charge in [-0.05, 0) is 64.9 Å². The summed E-state index contributed by atoms with van der Waals surface area (Å²) < 4.78 is 18.1. The van der Waals surface area contributed by atoms with Gasteiger partial charge in [-0.1, -0.05) is 41.8 Å². The van der Waals surface area contributed by atoms with E-state index in [9.17, 15) is 4.55 Å². The number of hydrogen-bond acceptors (Lipinski definition) is 5. The molecule has 188 valence electrons. The van der Waals surface area contributed by atoms with Gasteiger partial charge in [0.1, 0.15) is 10.4 Å². The number of aryl methyl sites for hydroxylation is 1. The van der Waals surface area contributed by atoms with Crippen molar-refractivity contribution in [3.05, 3.63) is 46.3 Å². The average Bonchev–Trinajstić information content (AvgIpc) is 3.44.